The Morgan fingerprint density at radius 3 is 0.806 bits per heavy atom. The highest BCUT2D eigenvalue weighted by atomic mass is 16.5. The minimum absolute atomic E-state index is 0. The van der Waals surface area contributed by atoms with Crippen molar-refractivity contribution in [3.05, 3.63) is 289 Å². The highest BCUT2D eigenvalue weighted by Gasteiger charge is 2.18. The van der Waals surface area contributed by atoms with E-state index in [0.717, 1.165) is 181 Å². The molecule has 0 atom stereocenters. The van der Waals surface area contributed by atoms with E-state index in [1.165, 1.54) is 16.7 Å². The van der Waals surface area contributed by atoms with Crippen molar-refractivity contribution in [1.29, 1.82) is 0 Å². The summed E-state index contributed by atoms with van der Waals surface area (Å²) in [4.78, 5) is 60.9. The number of hydrogen-bond donors (Lipinski definition) is 0. The Labute approximate surface area is 801 Å². The lowest BCUT2D eigenvalue weighted by Crippen LogP contribution is -2.36. The van der Waals surface area contributed by atoms with Crippen LogP contribution < -0.4 is 23.7 Å². The lowest BCUT2D eigenvalue weighted by Gasteiger charge is -2.24. The van der Waals surface area contributed by atoms with Gasteiger partial charge < -0.3 is 60.7 Å². The van der Waals surface area contributed by atoms with E-state index < -0.39 is 0 Å². The van der Waals surface area contributed by atoms with Gasteiger partial charge in [0, 0.05) is 101 Å². The molecule has 0 heterocycles. The molecule has 710 valence electrons. The summed E-state index contributed by atoms with van der Waals surface area (Å²) in [6, 6.07) is 63.1. The van der Waals surface area contributed by atoms with Gasteiger partial charge in [-0.2, -0.15) is 19.2 Å². The fraction of sp³-hybridized carbons (Fsp3) is 0.386. The SMILES string of the molecule is C.C.CCN(C)CCOc1ccc(C#Cc2ccc(C#Cc3ccc(CCOCN(C)C)cc3)cc2)cc1.CCOC(=O)c1ccc(C#Cc2cc(OCCC[N+](C)(C)C)c(C#Cc3ccc(CC)cc3)cc2OCCC[N+](C)(C)C)cc1.CCOC(=O)c1ccc(C#Cc2cc(OCCC[N+](C)(C)C)c(C#Cc3ccc(CC)cc3)cc2OCCC[N+](C)(C)C)cc1.O=C=O.O=C=O. The molecule has 9 aromatic carbocycles. The number of ether oxygens (including phenoxy) is 8. The topological polar surface area (TPSA) is 183 Å². The highest BCUT2D eigenvalue weighted by molar-refractivity contribution is 5.90. The average molecular weight is 1820 g/mol. The average Bonchev–Trinajstić information content (AvgIpc) is 0.821. The highest BCUT2D eigenvalue weighted by Crippen LogP contribution is 2.32. The van der Waals surface area contributed by atoms with Gasteiger partial charge in [0.2, 0.25) is 0 Å². The Kier molecular flexibility index (Phi) is 53.4. The van der Waals surface area contributed by atoms with Gasteiger partial charge in [-0.15, -0.1) is 0 Å². The third-order valence-electron chi connectivity index (χ3n) is 19.5. The van der Waals surface area contributed by atoms with Crippen LogP contribution in [0.5, 0.6) is 28.7 Å². The summed E-state index contributed by atoms with van der Waals surface area (Å²) in [5.74, 6) is 42.3. The molecule has 20 heteroatoms. The van der Waals surface area contributed by atoms with Crippen molar-refractivity contribution >= 4 is 24.2 Å². The molecule has 0 aliphatic heterocycles. The number of nitrogens with zero attached hydrogens (tertiary/aromatic N) is 6. The first-order valence-corrected chi connectivity index (χ1v) is 44.8. The van der Waals surface area contributed by atoms with Crippen LogP contribution in [0, 0.1) is 71.0 Å². The summed E-state index contributed by atoms with van der Waals surface area (Å²) in [6.07, 6.45) is 7.01. The molecule has 0 saturated carbocycles. The number of rotatable bonds is 36. The first kappa shape index (κ1) is 115. The van der Waals surface area contributed by atoms with Crippen molar-refractivity contribution in [3.8, 4) is 99.8 Å². The number of quaternary nitrogens is 4. The molecule has 0 aromatic heterocycles. The van der Waals surface area contributed by atoms with E-state index in [0.29, 0.717) is 87.1 Å². The van der Waals surface area contributed by atoms with Crippen LogP contribution in [0.25, 0.3) is 0 Å². The number of benzene rings is 9. The fourth-order valence-corrected chi connectivity index (χ4v) is 12.1. The molecule has 0 amide bonds. The quantitative estimate of drug-likeness (QED) is 0.0119. The second kappa shape index (κ2) is 62.2. The Morgan fingerprint density at radius 1 is 0.313 bits per heavy atom. The van der Waals surface area contributed by atoms with Gasteiger partial charge in [-0.05, 0) is 211 Å². The van der Waals surface area contributed by atoms with E-state index in [1.54, 1.807) is 38.1 Å². The van der Waals surface area contributed by atoms with Gasteiger partial charge in [0.05, 0.1) is 197 Å². The second-order valence-electron chi connectivity index (χ2n) is 35.3. The van der Waals surface area contributed by atoms with Crippen molar-refractivity contribution in [2.75, 3.05) is 205 Å². The van der Waals surface area contributed by atoms with Gasteiger partial charge in [-0.1, -0.05) is 143 Å². The molecule has 134 heavy (non-hydrogen) atoms. The number of likely N-dealkylation sites (N-methyl/N-ethyl adjacent to an activating group) is 1. The zero-order valence-electron chi connectivity index (χ0n) is 81.4. The molecule has 0 radical (unpaired) electrons. The van der Waals surface area contributed by atoms with Crippen LogP contribution in [0.2, 0.25) is 0 Å². The Bertz CT molecular complexity index is 5260. The van der Waals surface area contributed by atoms with Gasteiger partial charge in [-0.3, -0.25) is 4.90 Å². The molecule has 0 bridgehead atoms. The monoisotopic (exact) mass is 1820 g/mol. The minimum atomic E-state index is -0.341. The number of aryl methyl sites for hydroxylation is 2. The predicted molar refractivity (Wildman–Crippen MR) is 537 cm³/mol. The molecule has 0 saturated heterocycles. The largest absolute Gasteiger partial charge is 0.492 e. The summed E-state index contributed by atoms with van der Waals surface area (Å²) in [7, 11) is 32.2. The smallest absolute Gasteiger partial charge is 0.373 e. The van der Waals surface area contributed by atoms with Crippen LogP contribution in [0.15, 0.2) is 194 Å². The second-order valence-corrected chi connectivity index (χ2v) is 35.3. The molecule has 0 spiro atoms. The van der Waals surface area contributed by atoms with Gasteiger partial charge in [0.25, 0.3) is 0 Å². The number of hydrogen-bond acceptors (Lipinski definition) is 16. The van der Waals surface area contributed by atoms with Crippen LogP contribution in [0.3, 0.4) is 0 Å². The zero-order chi connectivity index (χ0) is 96.8. The lowest BCUT2D eigenvalue weighted by atomic mass is 10.1. The van der Waals surface area contributed by atoms with E-state index in [4.69, 9.17) is 57.1 Å². The van der Waals surface area contributed by atoms with Crippen LogP contribution in [-0.2, 0) is 52.7 Å². The van der Waals surface area contributed by atoms with Crippen LogP contribution in [0.4, 0.5) is 0 Å². The van der Waals surface area contributed by atoms with Crippen molar-refractivity contribution in [2.45, 2.75) is 94.4 Å². The molecular weight excluding hydrogens is 1680 g/mol. The van der Waals surface area contributed by atoms with Crippen LogP contribution in [0.1, 0.15) is 179 Å². The molecule has 0 fully saturated rings. The summed E-state index contributed by atoms with van der Waals surface area (Å²) < 4.78 is 50.5. The molecule has 0 aliphatic carbocycles. The van der Waals surface area contributed by atoms with Gasteiger partial charge >= 0.3 is 24.2 Å². The molecule has 20 nitrogen and oxygen atoms in total. The predicted octanol–water partition coefficient (Wildman–Crippen LogP) is 17.4. The van der Waals surface area contributed by atoms with Crippen molar-refractivity contribution in [2.24, 2.45) is 0 Å². The lowest BCUT2D eigenvalue weighted by molar-refractivity contribution is -0.870. The molecule has 9 aromatic rings. The van der Waals surface area contributed by atoms with Crippen molar-refractivity contribution in [3.63, 3.8) is 0 Å². The Morgan fingerprint density at radius 2 is 0.560 bits per heavy atom. The van der Waals surface area contributed by atoms with Gasteiger partial charge in [-0.25, -0.2) is 9.59 Å². The van der Waals surface area contributed by atoms with E-state index in [1.807, 2.05) is 116 Å². The summed E-state index contributed by atoms with van der Waals surface area (Å²) in [6.45, 7) is 20.9. The minimum Gasteiger partial charge on any atom is -0.492 e. The van der Waals surface area contributed by atoms with Crippen molar-refractivity contribution < 1.29 is 84.6 Å². The fourth-order valence-electron chi connectivity index (χ4n) is 12.1. The number of esters is 2. The first-order valence-electron chi connectivity index (χ1n) is 44.8. The standard InChI is InChI=1S/2C39H50N2O4.C32H36N2O2.2CO2.2CH4/c2*1-9-31-13-15-32(16-14-31)19-23-35-29-38(45-28-12-26-41(6,7)8)36(30-37(35)44-27-11-25-40(3,4)5)24-20-33-17-21-34(22-18-33)39(42)43-10-2;1-5-34(4)23-25-36-32-20-18-30(19-21-32)13-12-28-8-6-27(7-9-28)10-11-29-14-16-31(17-15-29)22-24-35-26-33(2)3;2*2-1-3;;/h2*13-18,21-22,29-30H,9-12,25-28H2,1-8H3;6-9,14-21H,5,22-26H2,1-4H3;;;2*1H4/q2*+2;;;;;. The summed E-state index contributed by atoms with van der Waals surface area (Å²) in [5.41, 5.74) is 15.2. The summed E-state index contributed by atoms with van der Waals surface area (Å²) in [5, 5.41) is 0. The van der Waals surface area contributed by atoms with E-state index in [9.17, 15) is 9.59 Å². The Hall–Kier alpha value is -13.2. The van der Waals surface area contributed by atoms with Crippen LogP contribution >= 0.6 is 0 Å². The van der Waals surface area contributed by atoms with Gasteiger partial charge in [0.15, 0.2) is 0 Å². The molecule has 0 N–H and O–H groups in total. The molecular formula is C114H144N6O14+4. The molecule has 0 unspecified atom stereocenters. The van der Waals surface area contributed by atoms with Gasteiger partial charge in [0.1, 0.15) is 35.4 Å². The molecule has 9 rings (SSSR count). The number of carbonyl (C=O) groups is 2. The first-order chi connectivity index (χ1) is 63.1. The molecule has 0 aliphatic rings. The van der Waals surface area contributed by atoms with E-state index in [2.05, 4.69) is 261 Å². The van der Waals surface area contributed by atoms with E-state index >= 15 is 0 Å². The normalized spacial score (nSPS) is 10.4. The third-order valence-corrected chi connectivity index (χ3v) is 19.5. The number of carbonyl (C=O) groups excluding carboxylic acids is 6. The van der Waals surface area contributed by atoms with E-state index in [-0.39, 0.29) is 39.1 Å². The Balaban J connectivity index is 0.000000501. The zero-order valence-corrected chi connectivity index (χ0v) is 81.4. The van der Waals surface area contributed by atoms with Crippen LogP contribution in [-0.4, -0.2) is 257 Å². The maximum atomic E-state index is 12.1. The van der Waals surface area contributed by atoms with Crippen molar-refractivity contribution in [1.82, 2.24) is 9.80 Å². The summed E-state index contributed by atoms with van der Waals surface area (Å²) >= 11 is 0. The third kappa shape index (κ3) is 48.8. The maximum absolute atomic E-state index is 12.1. The maximum Gasteiger partial charge on any atom is 0.373 e.